The zero-order valence-corrected chi connectivity index (χ0v) is 24.5. The number of hydrogen-bond acceptors (Lipinski definition) is 7. The fourth-order valence-corrected chi connectivity index (χ4v) is 5.55. The van der Waals surface area contributed by atoms with Crippen LogP contribution in [0.15, 0.2) is 41.3 Å². The molecule has 0 bridgehead atoms. The molecule has 0 spiro atoms. The van der Waals surface area contributed by atoms with Crippen molar-refractivity contribution in [1.82, 2.24) is 4.57 Å². The normalized spacial score (nSPS) is 12.7. The first-order valence-corrected chi connectivity index (χ1v) is 14.0. The third kappa shape index (κ3) is 7.66. The van der Waals surface area contributed by atoms with Crippen molar-refractivity contribution in [3.63, 3.8) is 0 Å². The van der Waals surface area contributed by atoms with E-state index in [0.717, 1.165) is 12.1 Å². The molecule has 0 aliphatic heterocycles. The number of aromatic nitrogens is 1. The highest BCUT2D eigenvalue weighted by Gasteiger charge is 2.37. The molecule has 8 nitrogen and oxygen atoms in total. The van der Waals surface area contributed by atoms with Gasteiger partial charge in [-0.1, -0.05) is 6.92 Å². The second-order valence-corrected chi connectivity index (χ2v) is 12.4. The number of nitrogens with zero attached hydrogens (tertiary/aromatic N) is 1. The molecule has 0 saturated heterocycles. The quantitative estimate of drug-likeness (QED) is 0.235. The van der Waals surface area contributed by atoms with Crippen molar-refractivity contribution in [3.8, 4) is 22.6 Å². The van der Waals surface area contributed by atoms with Gasteiger partial charge in [0.2, 0.25) is 0 Å². The number of methoxy groups -OCH3 is 1. The fraction of sp³-hybridized carbons (Fsp3) is 0.464. The Morgan fingerprint density at radius 2 is 1.56 bits per heavy atom. The first-order valence-electron chi connectivity index (χ1n) is 12.6. The number of pyridine rings is 1. The average Bonchev–Trinajstić information content (AvgIpc) is 2.80. The molecular formula is C28H36F2NO7P. The van der Waals surface area contributed by atoms with Crippen molar-refractivity contribution in [2.45, 2.75) is 72.8 Å². The average molecular weight is 568 g/mol. The first-order chi connectivity index (χ1) is 18.1. The van der Waals surface area contributed by atoms with Gasteiger partial charge in [-0.2, -0.15) is 0 Å². The Morgan fingerprint density at radius 1 is 0.923 bits per heavy atom. The maximum atomic E-state index is 15.2. The summed E-state index contributed by atoms with van der Waals surface area (Å²) in [7, 11) is -2.81. The highest BCUT2D eigenvalue weighted by atomic mass is 31.2. The maximum Gasteiger partial charge on any atom is 0.477 e. The summed E-state index contributed by atoms with van der Waals surface area (Å²) in [5, 5.41) is -0.330. The lowest BCUT2D eigenvalue weighted by atomic mass is 10.0. The molecule has 0 aliphatic rings. The van der Waals surface area contributed by atoms with E-state index in [1.165, 1.54) is 36.1 Å². The van der Waals surface area contributed by atoms with Gasteiger partial charge in [0.1, 0.15) is 29.9 Å². The number of halogens is 2. The van der Waals surface area contributed by atoms with Gasteiger partial charge < -0.3 is 14.0 Å². The zero-order valence-electron chi connectivity index (χ0n) is 23.6. The van der Waals surface area contributed by atoms with Crippen LogP contribution in [0, 0.1) is 11.6 Å². The molecule has 0 amide bonds. The molecule has 1 aromatic heterocycles. The Bertz CT molecular complexity index is 1420. The first kappa shape index (κ1) is 30.8. The van der Waals surface area contributed by atoms with Crippen LogP contribution in [0.5, 0.6) is 11.5 Å². The number of benzene rings is 2. The summed E-state index contributed by atoms with van der Waals surface area (Å²) in [5.41, 5.74) is -2.69. The summed E-state index contributed by atoms with van der Waals surface area (Å²) in [5.74, 6) is -1.11. The van der Waals surface area contributed by atoms with Gasteiger partial charge in [0.15, 0.2) is 5.43 Å². The van der Waals surface area contributed by atoms with Crippen LogP contribution in [-0.4, -0.2) is 29.5 Å². The number of phosphoric acid groups is 1. The van der Waals surface area contributed by atoms with E-state index in [2.05, 4.69) is 0 Å². The number of ether oxygens (including phenoxy) is 2. The Kier molecular flexibility index (Phi) is 9.27. The van der Waals surface area contributed by atoms with Gasteiger partial charge in [-0.3, -0.25) is 18.4 Å². The minimum atomic E-state index is -4.20. The van der Waals surface area contributed by atoms with Crippen LogP contribution in [0.2, 0.25) is 0 Å². The minimum Gasteiger partial charge on any atom is -0.497 e. The van der Waals surface area contributed by atoms with E-state index in [-0.39, 0.29) is 33.5 Å². The molecule has 0 N–H and O–H groups in total. The molecule has 2 aromatic carbocycles. The van der Waals surface area contributed by atoms with Crippen molar-refractivity contribution in [2.75, 3.05) is 13.7 Å². The predicted molar refractivity (Wildman–Crippen MR) is 146 cm³/mol. The topological polar surface area (TPSA) is 85.2 Å². The summed E-state index contributed by atoms with van der Waals surface area (Å²) in [6, 6.07) is 6.49. The maximum absolute atomic E-state index is 15.2. The molecule has 1 heterocycles. The second kappa shape index (κ2) is 11.8. The lowest BCUT2D eigenvalue weighted by Crippen LogP contribution is -2.25. The lowest BCUT2D eigenvalue weighted by Gasteiger charge is -2.31. The van der Waals surface area contributed by atoms with Crippen LogP contribution in [-0.2, 0) is 24.9 Å². The number of rotatable bonds is 10. The molecule has 39 heavy (non-hydrogen) atoms. The molecule has 0 fully saturated rings. The third-order valence-electron chi connectivity index (χ3n) is 5.19. The van der Waals surface area contributed by atoms with E-state index >= 15 is 8.78 Å². The molecule has 11 heteroatoms. The SMILES string of the molecule is CCCOc1ccc(F)c2c(=O)c(-c3ccc(OC)cc3F)cn(COP(=O)(OC(C)(C)C)OC(C)(C)C)c12. The van der Waals surface area contributed by atoms with Crippen molar-refractivity contribution in [3.05, 3.63) is 58.4 Å². The molecule has 0 unspecified atom stereocenters. The summed E-state index contributed by atoms with van der Waals surface area (Å²) >= 11 is 0. The van der Waals surface area contributed by atoms with Gasteiger partial charge >= 0.3 is 7.82 Å². The molecular weight excluding hydrogens is 531 g/mol. The van der Waals surface area contributed by atoms with E-state index in [9.17, 15) is 9.36 Å². The predicted octanol–water partition coefficient (Wildman–Crippen LogP) is 7.46. The second-order valence-electron chi connectivity index (χ2n) is 10.9. The molecule has 3 rings (SSSR count). The van der Waals surface area contributed by atoms with Gasteiger partial charge in [0.05, 0.1) is 35.8 Å². The van der Waals surface area contributed by atoms with Crippen molar-refractivity contribution in [2.24, 2.45) is 0 Å². The zero-order chi connectivity index (χ0) is 29.2. The molecule has 0 radical (unpaired) electrons. The van der Waals surface area contributed by atoms with Gasteiger partial charge in [-0.15, -0.1) is 0 Å². The third-order valence-corrected chi connectivity index (χ3v) is 7.16. The summed E-state index contributed by atoms with van der Waals surface area (Å²) in [6.07, 6.45) is 1.97. The fourth-order valence-electron chi connectivity index (χ4n) is 3.80. The smallest absolute Gasteiger partial charge is 0.477 e. The molecule has 3 aromatic rings. The van der Waals surface area contributed by atoms with Crippen molar-refractivity contribution >= 4 is 18.7 Å². The van der Waals surface area contributed by atoms with E-state index in [0.29, 0.717) is 13.0 Å². The van der Waals surface area contributed by atoms with Crippen LogP contribution in [0.1, 0.15) is 54.9 Å². The molecule has 0 atom stereocenters. The van der Waals surface area contributed by atoms with E-state index in [1.54, 1.807) is 41.5 Å². The van der Waals surface area contributed by atoms with Crippen LogP contribution >= 0.6 is 7.82 Å². The number of fused-ring (bicyclic) bond motifs is 1. The number of phosphoric ester groups is 1. The van der Waals surface area contributed by atoms with Gasteiger partial charge in [-0.25, -0.2) is 13.3 Å². The highest BCUT2D eigenvalue weighted by molar-refractivity contribution is 7.48. The highest BCUT2D eigenvalue weighted by Crippen LogP contribution is 2.55. The van der Waals surface area contributed by atoms with Crippen LogP contribution in [0.25, 0.3) is 22.0 Å². The minimum absolute atomic E-state index is 0.0594. The van der Waals surface area contributed by atoms with Crippen molar-refractivity contribution in [1.29, 1.82) is 0 Å². The van der Waals surface area contributed by atoms with E-state index < -0.39 is 42.8 Å². The summed E-state index contributed by atoms with van der Waals surface area (Å²) in [4.78, 5) is 13.6. The monoisotopic (exact) mass is 567 g/mol. The van der Waals surface area contributed by atoms with Gasteiger partial charge in [-0.05, 0) is 72.2 Å². The van der Waals surface area contributed by atoms with E-state index in [1.807, 2.05) is 6.92 Å². The summed E-state index contributed by atoms with van der Waals surface area (Å²) < 4.78 is 73.4. The largest absolute Gasteiger partial charge is 0.497 e. The Balaban J connectivity index is 2.26. The van der Waals surface area contributed by atoms with Crippen LogP contribution in [0.3, 0.4) is 0 Å². The van der Waals surface area contributed by atoms with Crippen LogP contribution < -0.4 is 14.9 Å². The lowest BCUT2D eigenvalue weighted by molar-refractivity contribution is -0.00573. The Morgan fingerprint density at radius 3 is 2.10 bits per heavy atom. The number of hydrogen-bond donors (Lipinski definition) is 0. The Labute approximate surface area is 227 Å². The van der Waals surface area contributed by atoms with Gasteiger partial charge in [0.25, 0.3) is 0 Å². The summed E-state index contributed by atoms with van der Waals surface area (Å²) in [6.45, 7) is 11.9. The van der Waals surface area contributed by atoms with E-state index in [4.69, 9.17) is 23.0 Å². The molecule has 214 valence electrons. The molecule has 0 saturated carbocycles. The van der Waals surface area contributed by atoms with Gasteiger partial charge in [0, 0.05) is 23.4 Å². The standard InChI is InChI=1S/C28H36F2NO7P/c1-9-14-35-23-13-12-21(29)24-25(23)31(17-36-39(33,37-27(2,3)4)38-28(5,6)7)16-20(26(24)32)19-11-10-18(34-8)15-22(19)30/h10-13,15-16H,9,14,17H2,1-8H3. The van der Waals surface area contributed by atoms with Crippen LogP contribution in [0.4, 0.5) is 8.78 Å². The van der Waals surface area contributed by atoms with Crippen molar-refractivity contribution < 1.29 is 36.4 Å². The Hall–Kier alpha value is -2.78. The molecule has 0 aliphatic carbocycles.